The number of hydrogen-bond acceptors (Lipinski definition) is 7. The lowest BCUT2D eigenvalue weighted by molar-refractivity contribution is -0.134. The molecule has 9 nitrogen and oxygen atoms in total. The zero-order valence-corrected chi connectivity index (χ0v) is 23.6. The predicted octanol–water partition coefficient (Wildman–Crippen LogP) is 4.45. The number of hydrogen-bond donors (Lipinski definition) is 3. The van der Waals surface area contributed by atoms with Gasteiger partial charge >= 0.3 is 0 Å². The Kier molecular flexibility index (Phi) is 7.68. The van der Waals surface area contributed by atoms with Crippen LogP contribution in [-0.4, -0.2) is 60.5 Å². The molecule has 1 aliphatic heterocycles. The molecular formula is C31H34FN5O4. The van der Waals surface area contributed by atoms with Crippen molar-refractivity contribution in [3.63, 3.8) is 0 Å². The molecule has 4 aromatic rings. The first-order valence-electron chi connectivity index (χ1n) is 13.5. The number of nitrogens with zero attached hydrogens (tertiary/aromatic N) is 2. The summed E-state index contributed by atoms with van der Waals surface area (Å²) >= 11 is 0. The van der Waals surface area contributed by atoms with Crippen molar-refractivity contribution in [3.05, 3.63) is 71.0 Å². The van der Waals surface area contributed by atoms with Crippen molar-refractivity contribution in [2.45, 2.75) is 32.1 Å². The first kappa shape index (κ1) is 28.1. The minimum atomic E-state index is -0.982. The van der Waals surface area contributed by atoms with E-state index in [0.29, 0.717) is 63.7 Å². The Balaban J connectivity index is 1.30. The van der Waals surface area contributed by atoms with Crippen LogP contribution >= 0.6 is 0 Å². The van der Waals surface area contributed by atoms with Crippen LogP contribution in [0.15, 0.2) is 48.5 Å². The molecule has 1 aromatic heterocycles. The number of fused-ring (bicyclic) bond motifs is 3. The summed E-state index contributed by atoms with van der Waals surface area (Å²) in [6.07, 6.45) is 1.37. The van der Waals surface area contributed by atoms with Crippen molar-refractivity contribution in [2.24, 2.45) is 0 Å². The number of H-pyrrole nitrogens is 1. The molecule has 0 radical (unpaired) electrons. The van der Waals surface area contributed by atoms with Gasteiger partial charge in [0.1, 0.15) is 17.2 Å². The Morgan fingerprint density at radius 1 is 1.05 bits per heavy atom. The number of ether oxygens (including phenoxy) is 2. The van der Waals surface area contributed by atoms with E-state index in [2.05, 4.69) is 15.3 Å². The second kappa shape index (κ2) is 11.2. The Morgan fingerprint density at radius 3 is 2.56 bits per heavy atom. The smallest absolute Gasteiger partial charge is 0.263 e. The summed E-state index contributed by atoms with van der Waals surface area (Å²) in [5, 5.41) is 3.39. The number of aromatic nitrogens is 2. The number of carbonyl (C=O) groups is 2. The fourth-order valence-electron chi connectivity index (χ4n) is 5.31. The maximum Gasteiger partial charge on any atom is 0.263 e. The molecule has 5 rings (SSSR count). The summed E-state index contributed by atoms with van der Waals surface area (Å²) < 4.78 is 24.5. The maximum atomic E-state index is 13.9. The van der Waals surface area contributed by atoms with Crippen molar-refractivity contribution in [2.75, 3.05) is 39.6 Å². The molecule has 0 spiro atoms. The molecule has 0 fully saturated rings. The third-order valence-corrected chi connectivity index (χ3v) is 7.58. The van der Waals surface area contributed by atoms with Crippen LogP contribution in [0.5, 0.6) is 11.5 Å². The van der Waals surface area contributed by atoms with Gasteiger partial charge in [-0.1, -0.05) is 18.2 Å². The van der Waals surface area contributed by atoms with Crippen LogP contribution in [0.3, 0.4) is 0 Å². The van der Waals surface area contributed by atoms with Gasteiger partial charge in [-0.15, -0.1) is 0 Å². The van der Waals surface area contributed by atoms with Gasteiger partial charge in [-0.2, -0.15) is 0 Å². The lowest BCUT2D eigenvalue weighted by Gasteiger charge is -2.37. The van der Waals surface area contributed by atoms with E-state index in [1.165, 1.54) is 17.0 Å². The van der Waals surface area contributed by atoms with E-state index < -0.39 is 17.1 Å². The fraction of sp³-hybridized carbons (Fsp3) is 0.323. The Labute approximate surface area is 237 Å². The summed E-state index contributed by atoms with van der Waals surface area (Å²) in [5.41, 5.74) is 9.12. The molecule has 10 heteroatoms. The lowest BCUT2D eigenvalue weighted by atomic mass is 9.76. The number of imidazole rings is 1. The number of nitrogen functional groups attached to an aromatic ring is 1. The van der Waals surface area contributed by atoms with Crippen molar-refractivity contribution in [1.82, 2.24) is 20.2 Å². The summed E-state index contributed by atoms with van der Waals surface area (Å²) in [4.78, 5) is 36.4. The predicted molar refractivity (Wildman–Crippen MR) is 156 cm³/mol. The Hall–Kier alpha value is -4.44. The van der Waals surface area contributed by atoms with E-state index >= 15 is 0 Å². The summed E-state index contributed by atoms with van der Waals surface area (Å²) in [5.74, 6) is 0.684. The van der Waals surface area contributed by atoms with E-state index in [1.54, 1.807) is 46.3 Å². The molecule has 0 aliphatic carbocycles. The molecule has 4 N–H and O–H groups in total. The van der Waals surface area contributed by atoms with Gasteiger partial charge in [0.05, 0.1) is 36.4 Å². The normalized spacial score (nSPS) is 14.4. The molecule has 2 amide bonds. The SMILES string of the molecule is COc1ccc(CCNCCCN2C(=O)c3c(cc(N)c4[nH]c(-c5cccc(F)c5)nc34)C(C)(C)C2=O)cc1OC. The van der Waals surface area contributed by atoms with E-state index in [-0.39, 0.29) is 12.5 Å². The van der Waals surface area contributed by atoms with Gasteiger partial charge in [-0.3, -0.25) is 14.5 Å². The van der Waals surface area contributed by atoms with Gasteiger partial charge in [-0.05, 0) is 81.2 Å². The minimum Gasteiger partial charge on any atom is -0.493 e. The zero-order chi connectivity index (χ0) is 29.3. The van der Waals surface area contributed by atoms with Gasteiger partial charge < -0.3 is 25.5 Å². The summed E-state index contributed by atoms with van der Waals surface area (Å²) in [7, 11) is 3.21. The molecule has 41 heavy (non-hydrogen) atoms. The Bertz CT molecular complexity index is 1630. The van der Waals surface area contributed by atoms with Crippen LogP contribution in [0.25, 0.3) is 22.4 Å². The number of rotatable bonds is 10. The third-order valence-electron chi connectivity index (χ3n) is 7.58. The molecule has 0 saturated heterocycles. The number of anilines is 1. The molecule has 214 valence electrons. The monoisotopic (exact) mass is 559 g/mol. The zero-order valence-electron chi connectivity index (χ0n) is 23.6. The van der Waals surface area contributed by atoms with Crippen molar-refractivity contribution in [1.29, 1.82) is 0 Å². The fourth-order valence-corrected chi connectivity index (χ4v) is 5.31. The number of halogens is 1. The first-order chi connectivity index (χ1) is 19.6. The van der Waals surface area contributed by atoms with Gasteiger partial charge in [0.15, 0.2) is 11.5 Å². The molecule has 3 aromatic carbocycles. The summed E-state index contributed by atoms with van der Waals surface area (Å²) in [6.45, 7) is 5.19. The van der Waals surface area contributed by atoms with E-state index in [9.17, 15) is 14.0 Å². The van der Waals surface area contributed by atoms with Crippen LogP contribution in [0.4, 0.5) is 10.1 Å². The highest BCUT2D eigenvalue weighted by atomic mass is 19.1. The van der Waals surface area contributed by atoms with E-state index in [4.69, 9.17) is 15.2 Å². The topological polar surface area (TPSA) is 123 Å². The number of imide groups is 1. The van der Waals surface area contributed by atoms with Crippen molar-refractivity contribution in [3.8, 4) is 22.9 Å². The third kappa shape index (κ3) is 5.22. The second-order valence-corrected chi connectivity index (χ2v) is 10.6. The largest absolute Gasteiger partial charge is 0.493 e. The number of methoxy groups -OCH3 is 2. The molecule has 0 atom stereocenters. The van der Waals surface area contributed by atoms with Gasteiger partial charge in [0.25, 0.3) is 5.91 Å². The number of nitrogens with one attached hydrogen (secondary N) is 2. The maximum absolute atomic E-state index is 13.9. The minimum absolute atomic E-state index is 0.261. The molecule has 0 saturated carbocycles. The first-order valence-corrected chi connectivity index (χ1v) is 13.5. The van der Waals surface area contributed by atoms with Crippen molar-refractivity contribution < 1.29 is 23.5 Å². The van der Waals surface area contributed by atoms with Crippen LogP contribution in [0, 0.1) is 5.82 Å². The Morgan fingerprint density at radius 2 is 1.83 bits per heavy atom. The summed E-state index contributed by atoms with van der Waals surface area (Å²) in [6, 6.07) is 13.5. The highest BCUT2D eigenvalue weighted by Crippen LogP contribution is 2.40. The second-order valence-electron chi connectivity index (χ2n) is 10.6. The van der Waals surface area contributed by atoms with Gasteiger partial charge in [0, 0.05) is 12.1 Å². The van der Waals surface area contributed by atoms with Crippen LogP contribution < -0.4 is 20.5 Å². The number of nitrogens with two attached hydrogens (primary N) is 1. The van der Waals surface area contributed by atoms with Crippen LogP contribution in [-0.2, 0) is 16.6 Å². The highest BCUT2D eigenvalue weighted by Gasteiger charge is 2.46. The lowest BCUT2D eigenvalue weighted by Crippen LogP contribution is -2.52. The number of aromatic amines is 1. The molecule has 0 bridgehead atoms. The standard InChI is InChI=1S/C31H34FN5O4/c1-31(2)21-17-22(33)26-27(36-28(35-26)19-7-5-8-20(32)16-19)25(21)29(38)37(30(31)39)14-6-12-34-13-11-18-9-10-23(40-3)24(15-18)41-4/h5,7-10,15-17,34H,6,11-14,33H2,1-4H3,(H,35,36). The van der Waals surface area contributed by atoms with Crippen LogP contribution in [0.1, 0.15) is 41.8 Å². The molecule has 1 aliphatic rings. The van der Waals surface area contributed by atoms with Crippen LogP contribution in [0.2, 0.25) is 0 Å². The van der Waals surface area contributed by atoms with E-state index in [0.717, 1.165) is 18.5 Å². The van der Waals surface area contributed by atoms with Crippen molar-refractivity contribution >= 4 is 28.5 Å². The number of amides is 2. The number of carbonyl (C=O) groups excluding carboxylic acids is 2. The van der Waals surface area contributed by atoms with Gasteiger partial charge in [-0.25, -0.2) is 9.37 Å². The number of benzene rings is 3. The van der Waals surface area contributed by atoms with E-state index in [1.807, 2.05) is 18.2 Å². The van der Waals surface area contributed by atoms with Gasteiger partial charge in [0.2, 0.25) is 5.91 Å². The average molecular weight is 560 g/mol. The molecule has 0 unspecified atom stereocenters. The quantitative estimate of drug-likeness (QED) is 0.149. The molecule has 2 heterocycles. The average Bonchev–Trinajstić information content (AvgIpc) is 3.41. The molecular weight excluding hydrogens is 525 g/mol. The highest BCUT2D eigenvalue weighted by molar-refractivity contribution is 6.19.